The predicted molar refractivity (Wildman–Crippen MR) is 79.1 cm³/mol. The molecule has 0 unspecified atom stereocenters. The number of nitrogens with zero attached hydrogens (tertiary/aromatic N) is 3. The smallest absolute Gasteiger partial charge is 0.293 e. The van der Waals surface area contributed by atoms with E-state index in [1.54, 1.807) is 7.11 Å². The number of nitrogens with one attached hydrogen (secondary N) is 2. The summed E-state index contributed by atoms with van der Waals surface area (Å²) in [7, 11) is 5.49. The fraction of sp³-hybridized carbons (Fsp3) is 0.308. The van der Waals surface area contributed by atoms with Crippen LogP contribution in [0.25, 0.3) is 0 Å². The van der Waals surface area contributed by atoms with E-state index in [4.69, 9.17) is 10.5 Å². The Morgan fingerprint density at radius 1 is 1.48 bits per heavy atom. The van der Waals surface area contributed by atoms with Crippen LogP contribution in [0.5, 0.6) is 5.75 Å². The zero-order valence-electron chi connectivity index (χ0n) is 12.2. The van der Waals surface area contributed by atoms with Gasteiger partial charge in [-0.05, 0) is 31.8 Å². The van der Waals surface area contributed by atoms with Crippen molar-refractivity contribution in [2.75, 3.05) is 32.3 Å². The Bertz CT molecular complexity index is 637. The SMILES string of the molecule is COc1ccc(CN(C)C)cc1NC(=O)c1nc(N)n[nH]1. The monoisotopic (exact) mass is 290 g/mol. The van der Waals surface area contributed by atoms with Gasteiger partial charge in [0.25, 0.3) is 5.91 Å². The van der Waals surface area contributed by atoms with Crippen LogP contribution in [0.15, 0.2) is 18.2 Å². The van der Waals surface area contributed by atoms with E-state index in [2.05, 4.69) is 20.5 Å². The summed E-state index contributed by atoms with van der Waals surface area (Å²) >= 11 is 0. The molecule has 21 heavy (non-hydrogen) atoms. The molecule has 0 aliphatic heterocycles. The van der Waals surface area contributed by atoms with Gasteiger partial charge < -0.3 is 20.7 Å². The van der Waals surface area contributed by atoms with Crippen LogP contribution in [0.4, 0.5) is 11.6 Å². The summed E-state index contributed by atoms with van der Waals surface area (Å²) in [4.78, 5) is 17.9. The molecule has 0 fully saturated rings. The van der Waals surface area contributed by atoms with Crippen LogP contribution >= 0.6 is 0 Å². The number of anilines is 2. The molecule has 1 heterocycles. The van der Waals surface area contributed by atoms with Gasteiger partial charge in [0.05, 0.1) is 12.8 Å². The number of carbonyl (C=O) groups excluding carboxylic acids is 1. The van der Waals surface area contributed by atoms with E-state index in [1.165, 1.54) is 0 Å². The van der Waals surface area contributed by atoms with Crippen LogP contribution in [0.3, 0.4) is 0 Å². The number of nitrogens with two attached hydrogens (primary N) is 1. The molecule has 1 aromatic heterocycles. The lowest BCUT2D eigenvalue weighted by Gasteiger charge is -2.14. The van der Waals surface area contributed by atoms with E-state index in [0.29, 0.717) is 11.4 Å². The van der Waals surface area contributed by atoms with Crippen LogP contribution in [0.1, 0.15) is 16.2 Å². The van der Waals surface area contributed by atoms with E-state index in [9.17, 15) is 4.79 Å². The number of benzene rings is 1. The van der Waals surface area contributed by atoms with E-state index in [-0.39, 0.29) is 11.8 Å². The molecule has 0 aliphatic carbocycles. The second kappa shape index (κ2) is 6.23. The molecule has 0 saturated heterocycles. The van der Waals surface area contributed by atoms with Gasteiger partial charge in [-0.15, -0.1) is 5.10 Å². The number of hydrogen-bond acceptors (Lipinski definition) is 6. The van der Waals surface area contributed by atoms with E-state index < -0.39 is 5.91 Å². The average Bonchev–Trinajstić information content (AvgIpc) is 2.85. The van der Waals surface area contributed by atoms with Crippen molar-refractivity contribution in [1.29, 1.82) is 0 Å². The molecule has 2 rings (SSSR count). The zero-order valence-corrected chi connectivity index (χ0v) is 12.2. The lowest BCUT2D eigenvalue weighted by Crippen LogP contribution is -2.15. The quantitative estimate of drug-likeness (QED) is 0.748. The third-order valence-corrected chi connectivity index (χ3v) is 2.73. The largest absolute Gasteiger partial charge is 0.495 e. The van der Waals surface area contributed by atoms with Gasteiger partial charge in [-0.1, -0.05) is 6.07 Å². The van der Waals surface area contributed by atoms with Gasteiger partial charge in [0, 0.05) is 6.54 Å². The number of amides is 1. The molecule has 0 saturated carbocycles. The molecular formula is C13H18N6O2. The molecule has 0 atom stereocenters. The maximum atomic E-state index is 12.1. The molecule has 1 aromatic carbocycles. The van der Waals surface area contributed by atoms with Crippen molar-refractivity contribution in [2.45, 2.75) is 6.54 Å². The Hall–Kier alpha value is -2.61. The van der Waals surface area contributed by atoms with Gasteiger partial charge in [-0.3, -0.25) is 9.89 Å². The Labute approximate surface area is 122 Å². The third-order valence-electron chi connectivity index (χ3n) is 2.73. The molecule has 1 amide bonds. The maximum Gasteiger partial charge on any atom is 0.293 e. The molecule has 2 aromatic rings. The second-order valence-corrected chi connectivity index (χ2v) is 4.77. The molecule has 112 valence electrons. The lowest BCUT2D eigenvalue weighted by atomic mass is 10.1. The first-order valence-electron chi connectivity index (χ1n) is 6.30. The fourth-order valence-corrected chi connectivity index (χ4v) is 1.87. The van der Waals surface area contributed by atoms with Gasteiger partial charge in [-0.2, -0.15) is 4.98 Å². The molecule has 0 aliphatic rings. The van der Waals surface area contributed by atoms with Crippen molar-refractivity contribution in [1.82, 2.24) is 20.1 Å². The Morgan fingerprint density at radius 2 is 2.24 bits per heavy atom. The summed E-state index contributed by atoms with van der Waals surface area (Å²) in [5.41, 5.74) is 7.00. The third kappa shape index (κ3) is 3.69. The Balaban J connectivity index is 2.22. The Morgan fingerprint density at radius 3 is 2.81 bits per heavy atom. The van der Waals surface area contributed by atoms with Gasteiger partial charge >= 0.3 is 0 Å². The van der Waals surface area contributed by atoms with Gasteiger partial charge in [0.1, 0.15) is 5.75 Å². The summed E-state index contributed by atoms with van der Waals surface area (Å²) in [6.07, 6.45) is 0. The number of methoxy groups -OCH3 is 1. The normalized spacial score (nSPS) is 10.7. The number of rotatable bonds is 5. The molecule has 0 spiro atoms. The predicted octanol–water partition coefficient (Wildman–Crippen LogP) is 0.709. The lowest BCUT2D eigenvalue weighted by molar-refractivity contribution is 0.101. The van der Waals surface area contributed by atoms with E-state index >= 15 is 0 Å². The summed E-state index contributed by atoms with van der Waals surface area (Å²) in [5, 5.41) is 8.82. The van der Waals surface area contributed by atoms with Crippen molar-refractivity contribution in [2.24, 2.45) is 0 Å². The standard InChI is InChI=1S/C13H18N6O2/c1-19(2)7-8-4-5-10(21-3)9(6-8)15-12(20)11-16-13(14)18-17-11/h4-6H,7H2,1-3H3,(H,15,20)(H3,14,16,17,18). The highest BCUT2D eigenvalue weighted by Crippen LogP contribution is 2.26. The molecule has 8 heteroatoms. The van der Waals surface area contributed by atoms with E-state index in [1.807, 2.05) is 37.2 Å². The summed E-state index contributed by atoms with van der Waals surface area (Å²) in [6, 6.07) is 5.61. The minimum atomic E-state index is -0.431. The molecule has 8 nitrogen and oxygen atoms in total. The average molecular weight is 290 g/mol. The minimum Gasteiger partial charge on any atom is -0.495 e. The molecule has 0 bridgehead atoms. The first-order chi connectivity index (χ1) is 9.99. The number of hydrogen-bond donors (Lipinski definition) is 3. The van der Waals surface area contributed by atoms with Crippen molar-refractivity contribution in [3.05, 3.63) is 29.6 Å². The van der Waals surface area contributed by atoms with Gasteiger partial charge in [-0.25, -0.2) is 0 Å². The van der Waals surface area contributed by atoms with Gasteiger partial charge in [0.15, 0.2) is 0 Å². The van der Waals surface area contributed by atoms with Crippen molar-refractivity contribution in [3.63, 3.8) is 0 Å². The number of aromatic amines is 1. The highest BCUT2D eigenvalue weighted by molar-refractivity contribution is 6.02. The topological polar surface area (TPSA) is 109 Å². The summed E-state index contributed by atoms with van der Waals surface area (Å²) in [5.74, 6) is 0.207. The van der Waals surface area contributed by atoms with Crippen LogP contribution < -0.4 is 15.8 Å². The summed E-state index contributed by atoms with van der Waals surface area (Å²) in [6.45, 7) is 0.752. The fourth-order valence-electron chi connectivity index (χ4n) is 1.87. The number of ether oxygens (including phenoxy) is 1. The number of nitrogen functional groups attached to an aromatic ring is 1. The van der Waals surface area contributed by atoms with Crippen LogP contribution in [0.2, 0.25) is 0 Å². The van der Waals surface area contributed by atoms with E-state index in [0.717, 1.165) is 12.1 Å². The number of H-pyrrole nitrogens is 1. The van der Waals surface area contributed by atoms with Crippen LogP contribution in [-0.4, -0.2) is 47.2 Å². The molecule has 4 N–H and O–H groups in total. The zero-order chi connectivity index (χ0) is 15.4. The maximum absolute atomic E-state index is 12.1. The Kier molecular flexibility index (Phi) is 4.39. The highest BCUT2D eigenvalue weighted by atomic mass is 16.5. The molecule has 0 radical (unpaired) electrons. The van der Waals surface area contributed by atoms with Crippen LogP contribution in [-0.2, 0) is 6.54 Å². The highest BCUT2D eigenvalue weighted by Gasteiger charge is 2.14. The van der Waals surface area contributed by atoms with Crippen molar-refractivity contribution < 1.29 is 9.53 Å². The number of aromatic nitrogens is 3. The summed E-state index contributed by atoms with van der Waals surface area (Å²) < 4.78 is 5.25. The first-order valence-corrected chi connectivity index (χ1v) is 6.30. The van der Waals surface area contributed by atoms with Crippen LogP contribution in [0, 0.1) is 0 Å². The number of carbonyl (C=O) groups is 1. The van der Waals surface area contributed by atoms with Crippen molar-refractivity contribution in [3.8, 4) is 5.75 Å². The molecular weight excluding hydrogens is 272 g/mol. The van der Waals surface area contributed by atoms with Crippen molar-refractivity contribution >= 4 is 17.5 Å². The first kappa shape index (κ1) is 14.8. The second-order valence-electron chi connectivity index (χ2n) is 4.77. The minimum absolute atomic E-state index is 0.0217. The van der Waals surface area contributed by atoms with Gasteiger partial charge in [0.2, 0.25) is 11.8 Å².